The first-order valence-corrected chi connectivity index (χ1v) is 7.42. The van der Waals surface area contributed by atoms with Crippen LogP contribution >= 0.6 is 0 Å². The van der Waals surface area contributed by atoms with Gasteiger partial charge in [-0.25, -0.2) is 0 Å². The molecule has 2 rings (SSSR count). The molecule has 0 aliphatic carbocycles. The maximum absolute atomic E-state index is 6.06. The van der Waals surface area contributed by atoms with Gasteiger partial charge in [-0.3, -0.25) is 9.88 Å². The van der Waals surface area contributed by atoms with Crippen LogP contribution in [0.3, 0.4) is 0 Å². The van der Waals surface area contributed by atoms with E-state index in [2.05, 4.69) is 41.1 Å². The van der Waals surface area contributed by atoms with Crippen molar-refractivity contribution in [2.75, 3.05) is 46.0 Å². The highest BCUT2D eigenvalue weighted by Gasteiger charge is 2.29. The van der Waals surface area contributed by atoms with Gasteiger partial charge in [0.2, 0.25) is 0 Å². The number of nitrogens with two attached hydrogens (primary N) is 1. The summed E-state index contributed by atoms with van der Waals surface area (Å²) in [4.78, 5) is 9.07. The molecule has 2 atom stereocenters. The summed E-state index contributed by atoms with van der Waals surface area (Å²) in [6.07, 6.45) is 4.57. The van der Waals surface area contributed by atoms with Gasteiger partial charge >= 0.3 is 0 Å². The molecule has 20 heavy (non-hydrogen) atoms. The number of hydrogen-bond acceptors (Lipinski definition) is 5. The van der Waals surface area contributed by atoms with Crippen molar-refractivity contribution in [3.05, 3.63) is 24.0 Å². The van der Waals surface area contributed by atoms with Gasteiger partial charge in [0.15, 0.2) is 0 Å². The number of likely N-dealkylation sites (N-methyl/N-ethyl adjacent to an activating group) is 3. The summed E-state index contributed by atoms with van der Waals surface area (Å²) in [5.41, 5.74) is 8.05. The van der Waals surface area contributed by atoms with Crippen LogP contribution in [0.1, 0.15) is 12.5 Å². The summed E-state index contributed by atoms with van der Waals surface area (Å²) in [5, 5.41) is 3.63. The van der Waals surface area contributed by atoms with Gasteiger partial charge in [-0.2, -0.15) is 0 Å². The minimum atomic E-state index is 0.402. The molecule has 2 heterocycles. The fourth-order valence-corrected chi connectivity index (χ4v) is 2.93. The summed E-state index contributed by atoms with van der Waals surface area (Å²) in [5.74, 6) is 0. The molecule has 0 amide bonds. The zero-order valence-corrected chi connectivity index (χ0v) is 12.8. The molecule has 1 aromatic heterocycles. The van der Waals surface area contributed by atoms with Gasteiger partial charge in [-0.15, -0.1) is 0 Å². The van der Waals surface area contributed by atoms with Crippen molar-refractivity contribution in [1.29, 1.82) is 0 Å². The summed E-state index contributed by atoms with van der Waals surface area (Å²) in [6.45, 7) is 6.48. The molecule has 0 bridgehead atoms. The van der Waals surface area contributed by atoms with Gasteiger partial charge in [0.1, 0.15) is 0 Å². The Labute approximate surface area is 122 Å². The van der Waals surface area contributed by atoms with Crippen LogP contribution in [0, 0.1) is 0 Å². The Morgan fingerprint density at radius 1 is 1.45 bits per heavy atom. The number of anilines is 1. The molecular formula is C15H27N5. The quantitative estimate of drug-likeness (QED) is 0.817. The minimum absolute atomic E-state index is 0.402. The average Bonchev–Trinajstić information content (AvgIpc) is 2.43. The summed E-state index contributed by atoms with van der Waals surface area (Å²) < 4.78 is 0. The summed E-state index contributed by atoms with van der Waals surface area (Å²) >= 11 is 0. The van der Waals surface area contributed by atoms with Crippen LogP contribution in [0.5, 0.6) is 0 Å². The number of nitrogens with one attached hydrogen (secondary N) is 1. The van der Waals surface area contributed by atoms with E-state index < -0.39 is 0 Å². The number of rotatable bonds is 5. The van der Waals surface area contributed by atoms with Gasteiger partial charge in [-0.1, -0.05) is 6.92 Å². The third-order valence-corrected chi connectivity index (χ3v) is 4.21. The van der Waals surface area contributed by atoms with Crippen LogP contribution in [0.15, 0.2) is 18.5 Å². The fraction of sp³-hybridized carbons (Fsp3) is 0.667. The highest BCUT2D eigenvalue weighted by Crippen LogP contribution is 2.17. The third-order valence-electron chi connectivity index (χ3n) is 4.21. The lowest BCUT2D eigenvalue weighted by Gasteiger charge is -2.42. The van der Waals surface area contributed by atoms with Crippen LogP contribution in [0.2, 0.25) is 0 Å². The topological polar surface area (TPSA) is 57.4 Å². The average molecular weight is 277 g/mol. The number of hydrogen-bond donors (Lipinski definition) is 2. The highest BCUT2D eigenvalue weighted by molar-refractivity contribution is 5.44. The minimum Gasteiger partial charge on any atom is -0.398 e. The molecule has 0 spiro atoms. The van der Waals surface area contributed by atoms with Crippen molar-refractivity contribution in [3.63, 3.8) is 0 Å². The first kappa shape index (κ1) is 15.2. The molecule has 112 valence electrons. The number of aromatic nitrogens is 1. The molecule has 1 fully saturated rings. The second-order valence-corrected chi connectivity index (χ2v) is 5.75. The first-order valence-electron chi connectivity index (χ1n) is 7.42. The van der Waals surface area contributed by atoms with Gasteiger partial charge in [0, 0.05) is 49.8 Å². The van der Waals surface area contributed by atoms with E-state index in [0.717, 1.165) is 43.9 Å². The van der Waals surface area contributed by atoms with Gasteiger partial charge in [0.25, 0.3) is 0 Å². The van der Waals surface area contributed by atoms with Crippen LogP contribution in [-0.2, 0) is 6.42 Å². The van der Waals surface area contributed by atoms with E-state index in [1.54, 1.807) is 6.20 Å². The van der Waals surface area contributed by atoms with Crippen molar-refractivity contribution in [2.24, 2.45) is 0 Å². The lowest BCUT2D eigenvalue weighted by molar-refractivity contribution is 0.0881. The zero-order valence-electron chi connectivity index (χ0n) is 12.8. The molecule has 1 saturated heterocycles. The van der Waals surface area contributed by atoms with E-state index in [0.29, 0.717) is 12.1 Å². The molecule has 1 aromatic rings. The van der Waals surface area contributed by atoms with Crippen molar-refractivity contribution < 1.29 is 0 Å². The van der Waals surface area contributed by atoms with Crippen molar-refractivity contribution in [1.82, 2.24) is 20.1 Å². The molecule has 0 saturated carbocycles. The predicted molar refractivity (Wildman–Crippen MR) is 83.7 cm³/mol. The predicted octanol–water partition coefficient (Wildman–Crippen LogP) is 0.430. The Hall–Kier alpha value is -1.17. The lowest BCUT2D eigenvalue weighted by Crippen LogP contribution is -2.59. The van der Waals surface area contributed by atoms with Crippen LogP contribution in [-0.4, -0.2) is 67.1 Å². The molecule has 2 unspecified atom stereocenters. The Balaban J connectivity index is 2.11. The SMILES string of the molecule is CCNC(Cc1cnccc1N)C1CN(C)CCN1C. The van der Waals surface area contributed by atoms with Crippen LogP contribution in [0.25, 0.3) is 0 Å². The largest absolute Gasteiger partial charge is 0.398 e. The monoisotopic (exact) mass is 277 g/mol. The molecule has 1 aliphatic heterocycles. The Morgan fingerprint density at radius 2 is 2.25 bits per heavy atom. The molecular weight excluding hydrogens is 250 g/mol. The Kier molecular flexibility index (Phi) is 5.34. The fourth-order valence-electron chi connectivity index (χ4n) is 2.93. The summed E-state index contributed by atoms with van der Waals surface area (Å²) in [7, 11) is 4.41. The molecule has 1 aliphatic rings. The molecule has 3 N–H and O–H groups in total. The third kappa shape index (κ3) is 3.69. The molecule has 0 radical (unpaired) electrons. The normalized spacial score (nSPS) is 22.9. The highest BCUT2D eigenvalue weighted by atomic mass is 15.3. The van der Waals surface area contributed by atoms with E-state index >= 15 is 0 Å². The van der Waals surface area contributed by atoms with Crippen molar-refractivity contribution >= 4 is 5.69 Å². The second kappa shape index (κ2) is 7.02. The standard InChI is InChI=1S/C15H27N5/c1-4-18-14(9-12-10-17-6-5-13(12)16)15-11-19(2)7-8-20(15)3/h5-6,10,14-15,18H,4,7-9,11H2,1-3H3,(H2,16,17). The van der Waals surface area contributed by atoms with Crippen molar-refractivity contribution in [2.45, 2.75) is 25.4 Å². The smallest absolute Gasteiger partial charge is 0.0378 e. The second-order valence-electron chi connectivity index (χ2n) is 5.75. The first-order chi connectivity index (χ1) is 9.61. The van der Waals surface area contributed by atoms with E-state index in [9.17, 15) is 0 Å². The van der Waals surface area contributed by atoms with Crippen molar-refractivity contribution in [3.8, 4) is 0 Å². The zero-order chi connectivity index (χ0) is 14.5. The molecule has 5 heteroatoms. The number of pyridine rings is 1. The van der Waals surface area contributed by atoms with Gasteiger partial charge in [0.05, 0.1) is 0 Å². The molecule has 5 nitrogen and oxygen atoms in total. The maximum atomic E-state index is 6.06. The van der Waals surface area contributed by atoms with E-state index in [-0.39, 0.29) is 0 Å². The number of piperazine rings is 1. The van der Waals surface area contributed by atoms with E-state index in [1.807, 2.05) is 12.3 Å². The Bertz CT molecular complexity index is 422. The molecule has 0 aromatic carbocycles. The number of nitrogen functional groups attached to an aromatic ring is 1. The lowest BCUT2D eigenvalue weighted by atomic mass is 9.96. The Morgan fingerprint density at radius 3 is 2.95 bits per heavy atom. The maximum Gasteiger partial charge on any atom is 0.0378 e. The van der Waals surface area contributed by atoms with E-state index in [1.165, 1.54) is 0 Å². The van der Waals surface area contributed by atoms with Gasteiger partial charge in [-0.05, 0) is 38.7 Å². The van der Waals surface area contributed by atoms with E-state index in [4.69, 9.17) is 5.73 Å². The summed E-state index contributed by atoms with van der Waals surface area (Å²) in [6, 6.07) is 2.79. The van der Waals surface area contributed by atoms with Crippen LogP contribution < -0.4 is 11.1 Å². The van der Waals surface area contributed by atoms with Crippen LogP contribution in [0.4, 0.5) is 5.69 Å². The number of nitrogens with zero attached hydrogens (tertiary/aromatic N) is 3. The van der Waals surface area contributed by atoms with Gasteiger partial charge < -0.3 is 16.0 Å².